The lowest BCUT2D eigenvalue weighted by Crippen LogP contribution is -2.49. The first-order chi connectivity index (χ1) is 19.3. The summed E-state index contributed by atoms with van der Waals surface area (Å²) in [6.45, 7) is 2.74. The molecule has 3 aliphatic rings. The Hall–Kier alpha value is -2.39. The standard InChI is InChI=1S/C31H47N5O3S/c1-2-3-18-33-40(38,39)28-20-26-19-25(14-15-27(26)34-28)22-36-29(37)31(35-30(36)32,21-24-12-8-5-9-13-24)17-16-23-10-6-4-7-11-23/h14-15,19-20,23-24,33-34H,2-13,16-18,21-22H2,1H3,(H2,32,35)/t31-/m1/s1. The van der Waals surface area contributed by atoms with Crippen molar-refractivity contribution in [3.05, 3.63) is 29.8 Å². The van der Waals surface area contributed by atoms with Crippen molar-refractivity contribution in [3.8, 4) is 0 Å². The van der Waals surface area contributed by atoms with E-state index in [4.69, 9.17) is 5.41 Å². The Labute approximate surface area is 239 Å². The fourth-order valence-electron chi connectivity index (χ4n) is 7.12. The van der Waals surface area contributed by atoms with E-state index in [1.165, 1.54) is 64.2 Å². The van der Waals surface area contributed by atoms with Crippen LogP contribution in [0.15, 0.2) is 29.3 Å². The van der Waals surface area contributed by atoms with E-state index in [9.17, 15) is 13.2 Å². The van der Waals surface area contributed by atoms with Crippen molar-refractivity contribution in [3.63, 3.8) is 0 Å². The van der Waals surface area contributed by atoms with Crippen molar-refractivity contribution in [2.24, 2.45) is 11.8 Å². The van der Waals surface area contributed by atoms with Gasteiger partial charge >= 0.3 is 0 Å². The lowest BCUT2D eigenvalue weighted by Gasteiger charge is -2.34. The largest absolute Gasteiger partial charge is 0.345 e. The topological polar surface area (TPSA) is 118 Å². The van der Waals surface area contributed by atoms with Gasteiger partial charge in [-0.3, -0.25) is 15.1 Å². The van der Waals surface area contributed by atoms with Gasteiger partial charge in [0, 0.05) is 17.4 Å². The van der Waals surface area contributed by atoms with Gasteiger partial charge in [-0.05, 0) is 61.3 Å². The maximum atomic E-state index is 14.1. The predicted octanol–water partition coefficient (Wildman–Crippen LogP) is 6.18. The van der Waals surface area contributed by atoms with Crippen molar-refractivity contribution in [2.75, 3.05) is 6.54 Å². The highest BCUT2D eigenvalue weighted by molar-refractivity contribution is 7.89. The maximum Gasteiger partial charge on any atom is 0.256 e. The van der Waals surface area contributed by atoms with E-state index >= 15 is 0 Å². The quantitative estimate of drug-likeness (QED) is 0.228. The van der Waals surface area contributed by atoms with Gasteiger partial charge in [0.2, 0.25) is 0 Å². The van der Waals surface area contributed by atoms with Gasteiger partial charge in [-0.2, -0.15) is 0 Å². The molecule has 8 nitrogen and oxygen atoms in total. The smallest absolute Gasteiger partial charge is 0.256 e. The monoisotopic (exact) mass is 569 g/mol. The summed E-state index contributed by atoms with van der Waals surface area (Å²) in [5, 5.41) is 13.2. The molecule has 1 aromatic heterocycles. The molecular formula is C31H47N5O3S. The Kier molecular flexibility index (Phi) is 9.20. The molecule has 1 amide bonds. The number of amides is 1. The first-order valence-electron chi connectivity index (χ1n) is 15.6. The summed E-state index contributed by atoms with van der Waals surface area (Å²) in [7, 11) is -3.61. The third-order valence-corrected chi connectivity index (χ3v) is 10.8. The average Bonchev–Trinajstić information content (AvgIpc) is 3.49. The SMILES string of the molecule is CCCCNS(=O)(=O)c1cc2cc(CN3C(=N)N[C@](CCC4CCCCC4)(CC4CCCCC4)C3=O)ccc2[nH]1. The van der Waals surface area contributed by atoms with Crippen molar-refractivity contribution < 1.29 is 13.2 Å². The number of nitrogens with zero attached hydrogens (tertiary/aromatic N) is 1. The summed E-state index contributed by atoms with van der Waals surface area (Å²) in [5.41, 5.74) is 0.940. The van der Waals surface area contributed by atoms with Crippen LogP contribution in [0.4, 0.5) is 0 Å². The number of carbonyl (C=O) groups excluding carboxylic acids is 1. The Morgan fingerprint density at radius 1 is 1.02 bits per heavy atom. The number of aromatic nitrogens is 1. The minimum absolute atomic E-state index is 0.0384. The maximum absolute atomic E-state index is 14.1. The first-order valence-corrected chi connectivity index (χ1v) is 17.1. The minimum atomic E-state index is -3.61. The highest BCUT2D eigenvalue weighted by Crippen LogP contribution is 2.39. The zero-order valence-electron chi connectivity index (χ0n) is 24.1. The second kappa shape index (κ2) is 12.6. The molecule has 2 heterocycles. The van der Waals surface area contributed by atoms with Crippen LogP contribution in [-0.4, -0.2) is 42.3 Å². The second-order valence-corrected chi connectivity index (χ2v) is 14.2. The van der Waals surface area contributed by atoms with Crippen LogP contribution in [-0.2, 0) is 21.4 Å². The number of hydrogen-bond donors (Lipinski definition) is 4. The van der Waals surface area contributed by atoms with Crippen LogP contribution < -0.4 is 10.0 Å². The van der Waals surface area contributed by atoms with E-state index < -0.39 is 15.6 Å². The normalized spacial score (nSPS) is 23.3. The number of carbonyl (C=O) groups is 1. The van der Waals surface area contributed by atoms with E-state index in [0.717, 1.165) is 48.6 Å². The number of unbranched alkanes of at least 4 members (excludes halogenated alkanes) is 1. The highest BCUT2D eigenvalue weighted by atomic mass is 32.2. The summed E-state index contributed by atoms with van der Waals surface area (Å²) in [4.78, 5) is 18.8. The van der Waals surface area contributed by atoms with Crippen LogP contribution in [0.2, 0.25) is 0 Å². The Bertz CT molecular complexity index is 1290. The molecule has 5 rings (SSSR count). The van der Waals surface area contributed by atoms with Crippen LogP contribution in [0.3, 0.4) is 0 Å². The van der Waals surface area contributed by atoms with Crippen LogP contribution in [0, 0.1) is 17.2 Å². The summed E-state index contributed by atoms with van der Waals surface area (Å²) in [6.07, 6.45) is 16.9. The molecule has 4 N–H and O–H groups in total. The minimum Gasteiger partial charge on any atom is -0.345 e. The third kappa shape index (κ3) is 6.56. The third-order valence-electron chi connectivity index (χ3n) is 9.46. The summed E-state index contributed by atoms with van der Waals surface area (Å²) < 4.78 is 28.1. The van der Waals surface area contributed by atoms with Gasteiger partial charge in [-0.15, -0.1) is 0 Å². The van der Waals surface area contributed by atoms with Gasteiger partial charge in [0.15, 0.2) is 5.96 Å². The molecule has 1 aliphatic heterocycles. The van der Waals surface area contributed by atoms with Gasteiger partial charge in [0.1, 0.15) is 10.6 Å². The highest BCUT2D eigenvalue weighted by Gasteiger charge is 2.50. The van der Waals surface area contributed by atoms with Gasteiger partial charge in [-0.25, -0.2) is 13.1 Å². The molecule has 1 saturated heterocycles. The van der Waals surface area contributed by atoms with E-state index in [-0.39, 0.29) is 16.9 Å². The van der Waals surface area contributed by atoms with Gasteiger partial charge in [-0.1, -0.05) is 83.6 Å². The van der Waals surface area contributed by atoms with Crippen molar-refractivity contribution in [1.29, 1.82) is 5.41 Å². The van der Waals surface area contributed by atoms with Crippen molar-refractivity contribution in [2.45, 2.75) is 120 Å². The van der Waals surface area contributed by atoms with Gasteiger partial charge < -0.3 is 10.3 Å². The predicted molar refractivity (Wildman–Crippen MR) is 160 cm³/mol. The van der Waals surface area contributed by atoms with Crippen molar-refractivity contribution in [1.82, 2.24) is 19.9 Å². The molecule has 40 heavy (non-hydrogen) atoms. The zero-order valence-corrected chi connectivity index (χ0v) is 24.9. The number of nitrogens with one attached hydrogen (secondary N) is 4. The number of aromatic amines is 1. The number of benzene rings is 1. The van der Waals surface area contributed by atoms with Crippen LogP contribution >= 0.6 is 0 Å². The molecule has 0 bridgehead atoms. The van der Waals surface area contributed by atoms with Gasteiger partial charge in [0.05, 0.1) is 6.54 Å². The molecule has 9 heteroatoms. The molecular weight excluding hydrogens is 522 g/mol. The molecule has 2 aromatic rings. The van der Waals surface area contributed by atoms with Crippen LogP contribution in [0.5, 0.6) is 0 Å². The fraction of sp³-hybridized carbons (Fsp3) is 0.677. The van der Waals surface area contributed by atoms with E-state index in [0.29, 0.717) is 24.9 Å². The lowest BCUT2D eigenvalue weighted by atomic mass is 9.75. The number of fused-ring (bicyclic) bond motifs is 1. The molecule has 3 fully saturated rings. The first kappa shape index (κ1) is 29.1. The number of guanidine groups is 1. The number of H-pyrrole nitrogens is 1. The molecule has 220 valence electrons. The summed E-state index contributed by atoms with van der Waals surface area (Å²) >= 11 is 0. The summed E-state index contributed by atoms with van der Waals surface area (Å²) in [5.74, 6) is 1.46. The molecule has 1 atom stereocenters. The second-order valence-electron chi connectivity index (χ2n) is 12.5. The molecule has 2 saturated carbocycles. The van der Waals surface area contributed by atoms with E-state index in [2.05, 4.69) is 15.0 Å². The average molecular weight is 570 g/mol. The molecule has 0 unspecified atom stereocenters. The number of hydrogen-bond acceptors (Lipinski definition) is 4. The number of rotatable bonds is 12. The zero-order chi connectivity index (χ0) is 28.2. The number of sulfonamides is 1. The Morgan fingerprint density at radius 3 is 2.42 bits per heavy atom. The molecule has 0 radical (unpaired) electrons. The van der Waals surface area contributed by atoms with Crippen LogP contribution in [0.1, 0.15) is 109 Å². The van der Waals surface area contributed by atoms with E-state index in [1.807, 2.05) is 25.1 Å². The van der Waals surface area contributed by atoms with Crippen LogP contribution in [0.25, 0.3) is 10.9 Å². The lowest BCUT2D eigenvalue weighted by molar-refractivity contribution is -0.132. The molecule has 0 spiro atoms. The summed E-state index contributed by atoms with van der Waals surface area (Å²) in [6, 6.07) is 7.37. The van der Waals surface area contributed by atoms with E-state index in [1.54, 1.807) is 11.0 Å². The Morgan fingerprint density at radius 2 is 1.73 bits per heavy atom. The van der Waals surface area contributed by atoms with Crippen molar-refractivity contribution >= 4 is 32.8 Å². The fourth-order valence-corrected chi connectivity index (χ4v) is 8.22. The van der Waals surface area contributed by atoms with Gasteiger partial charge in [0.25, 0.3) is 15.9 Å². The Balaban J connectivity index is 1.32. The molecule has 1 aromatic carbocycles. The molecule has 2 aliphatic carbocycles.